The maximum absolute atomic E-state index is 11.0. The molecule has 0 spiro atoms. The van der Waals surface area contributed by atoms with E-state index >= 15 is 0 Å². The molecule has 0 aromatic carbocycles. The van der Waals surface area contributed by atoms with Crippen molar-refractivity contribution in [3.8, 4) is 0 Å². The molecule has 0 saturated heterocycles. The van der Waals surface area contributed by atoms with E-state index in [4.69, 9.17) is 4.74 Å². The molecule has 2 N–H and O–H groups in total. The monoisotopic (exact) mass is 477 g/mol. The minimum absolute atomic E-state index is 0. The highest BCUT2D eigenvalue weighted by molar-refractivity contribution is 14.0. The van der Waals surface area contributed by atoms with Gasteiger partial charge in [0.1, 0.15) is 9.84 Å². The zero-order valence-corrected chi connectivity index (χ0v) is 18.8. The average Bonchev–Trinajstić information content (AvgIpc) is 2.49. The molecule has 0 aromatic heterocycles. The van der Waals surface area contributed by atoms with Crippen LogP contribution in [0.3, 0.4) is 0 Å². The second-order valence-corrected chi connectivity index (χ2v) is 8.18. The largest absolute Gasteiger partial charge is 0.379 e. The summed E-state index contributed by atoms with van der Waals surface area (Å²) in [6.45, 7) is 6.69. The van der Waals surface area contributed by atoms with E-state index in [-0.39, 0.29) is 36.3 Å². The van der Waals surface area contributed by atoms with Crippen LogP contribution >= 0.6 is 24.0 Å². The first kappa shape index (κ1) is 26.1. The van der Waals surface area contributed by atoms with Crippen molar-refractivity contribution < 1.29 is 13.2 Å². The molecule has 0 aromatic rings. The first-order valence-electron chi connectivity index (χ1n) is 8.62. The molecule has 0 bridgehead atoms. The van der Waals surface area contributed by atoms with Crippen molar-refractivity contribution in [2.24, 2.45) is 10.9 Å². The highest BCUT2D eigenvalue weighted by Gasteiger charge is 2.08. The Morgan fingerprint density at radius 2 is 1.83 bits per heavy atom. The van der Waals surface area contributed by atoms with Crippen LogP contribution in [0.25, 0.3) is 0 Å². The Morgan fingerprint density at radius 1 is 1.12 bits per heavy atom. The molecule has 0 aliphatic carbocycles. The summed E-state index contributed by atoms with van der Waals surface area (Å²) >= 11 is 0. The van der Waals surface area contributed by atoms with E-state index in [1.54, 1.807) is 7.05 Å². The first-order valence-corrected chi connectivity index (χ1v) is 10.7. The maximum atomic E-state index is 11.0. The van der Waals surface area contributed by atoms with Crippen LogP contribution in [0.15, 0.2) is 4.99 Å². The molecule has 0 rings (SSSR count). The molecule has 0 heterocycles. The van der Waals surface area contributed by atoms with Crippen LogP contribution in [-0.4, -0.2) is 59.7 Å². The van der Waals surface area contributed by atoms with Crippen LogP contribution < -0.4 is 10.6 Å². The first-order chi connectivity index (χ1) is 10.9. The molecule has 146 valence electrons. The third-order valence-corrected chi connectivity index (χ3v) is 4.49. The van der Waals surface area contributed by atoms with Crippen molar-refractivity contribution >= 4 is 39.8 Å². The lowest BCUT2D eigenvalue weighted by Crippen LogP contribution is -2.41. The van der Waals surface area contributed by atoms with Gasteiger partial charge >= 0.3 is 0 Å². The van der Waals surface area contributed by atoms with Gasteiger partial charge in [0.05, 0.1) is 19.0 Å². The molecule has 0 amide bonds. The molecule has 8 heteroatoms. The number of unbranched alkanes of at least 4 members (excludes halogenated alkanes) is 1. The van der Waals surface area contributed by atoms with Gasteiger partial charge in [-0.15, -0.1) is 24.0 Å². The van der Waals surface area contributed by atoms with Gasteiger partial charge in [0.15, 0.2) is 5.96 Å². The third kappa shape index (κ3) is 16.8. The lowest BCUT2D eigenvalue weighted by molar-refractivity contribution is 0.154. The zero-order chi connectivity index (χ0) is 17.6. The number of guanidine groups is 1. The van der Waals surface area contributed by atoms with Crippen molar-refractivity contribution in [3.63, 3.8) is 0 Å². The van der Waals surface area contributed by atoms with E-state index in [0.717, 1.165) is 12.5 Å². The minimum Gasteiger partial charge on any atom is -0.379 e. The lowest BCUT2D eigenvalue weighted by atomic mass is 9.97. The average molecular weight is 477 g/mol. The van der Waals surface area contributed by atoms with Gasteiger partial charge < -0.3 is 15.4 Å². The van der Waals surface area contributed by atoms with E-state index < -0.39 is 9.84 Å². The van der Waals surface area contributed by atoms with E-state index in [9.17, 15) is 8.42 Å². The summed E-state index contributed by atoms with van der Waals surface area (Å²) in [7, 11) is -1.19. The normalized spacial score (nSPS) is 13.2. The van der Waals surface area contributed by atoms with Crippen molar-refractivity contribution in [1.29, 1.82) is 0 Å². The van der Waals surface area contributed by atoms with E-state index in [2.05, 4.69) is 29.5 Å². The summed E-state index contributed by atoms with van der Waals surface area (Å²) in [5.41, 5.74) is 0. The van der Waals surface area contributed by atoms with Crippen molar-refractivity contribution in [3.05, 3.63) is 0 Å². The predicted octanol–water partition coefficient (Wildman–Crippen LogP) is 2.44. The molecule has 0 saturated carbocycles. The second-order valence-electron chi connectivity index (χ2n) is 5.92. The molecular weight excluding hydrogens is 441 g/mol. The van der Waals surface area contributed by atoms with Crippen LogP contribution in [0.2, 0.25) is 0 Å². The van der Waals surface area contributed by atoms with Gasteiger partial charge in [0.2, 0.25) is 0 Å². The summed E-state index contributed by atoms with van der Waals surface area (Å²) in [6.07, 6.45) is 7.41. The van der Waals surface area contributed by atoms with Crippen LogP contribution in [0.4, 0.5) is 0 Å². The van der Waals surface area contributed by atoms with E-state index in [0.29, 0.717) is 19.1 Å². The smallest absolute Gasteiger partial charge is 0.191 e. The summed E-state index contributed by atoms with van der Waals surface area (Å²) in [5, 5.41) is 6.55. The molecule has 0 fully saturated rings. The molecule has 6 nitrogen and oxygen atoms in total. The summed E-state index contributed by atoms with van der Waals surface area (Å²) in [6, 6.07) is 0. The number of nitrogens with one attached hydrogen (secondary N) is 2. The summed E-state index contributed by atoms with van der Waals surface area (Å²) in [4.78, 5) is 4.20. The number of hydrogen-bond acceptors (Lipinski definition) is 4. The highest BCUT2D eigenvalue weighted by atomic mass is 127. The molecule has 24 heavy (non-hydrogen) atoms. The fourth-order valence-corrected chi connectivity index (χ4v) is 2.69. The molecular formula is C16H36IN3O3S. The van der Waals surface area contributed by atoms with Gasteiger partial charge in [0.25, 0.3) is 0 Å². The summed E-state index contributed by atoms with van der Waals surface area (Å²) in [5.74, 6) is 1.52. The highest BCUT2D eigenvalue weighted by Crippen LogP contribution is 2.13. The van der Waals surface area contributed by atoms with Crippen molar-refractivity contribution in [2.75, 3.05) is 45.4 Å². The third-order valence-electron chi connectivity index (χ3n) is 3.58. The SMILES string of the molecule is CCCCC(CCC)CNC(=NC)NCCOCCS(C)(=O)=O.I. The zero-order valence-electron chi connectivity index (χ0n) is 15.6. The van der Waals surface area contributed by atoms with Crippen LogP contribution in [0.1, 0.15) is 46.0 Å². The fourth-order valence-electron chi connectivity index (χ4n) is 2.27. The number of halogens is 1. The summed E-state index contributed by atoms with van der Waals surface area (Å²) < 4.78 is 27.2. The van der Waals surface area contributed by atoms with Gasteiger partial charge in [-0.1, -0.05) is 33.1 Å². The van der Waals surface area contributed by atoms with Crippen molar-refractivity contribution in [2.45, 2.75) is 46.0 Å². The van der Waals surface area contributed by atoms with Gasteiger partial charge in [0, 0.05) is 26.4 Å². The number of rotatable bonds is 13. The van der Waals surface area contributed by atoms with Crippen LogP contribution in [0, 0.1) is 5.92 Å². The molecule has 0 radical (unpaired) electrons. The Balaban J connectivity index is 0. The number of sulfone groups is 1. The predicted molar refractivity (Wildman–Crippen MR) is 113 cm³/mol. The standard InChI is InChI=1S/C16H35N3O3S.HI/c1-5-7-9-15(8-6-2)14-19-16(17-3)18-10-11-22-12-13-23(4,20)21;/h15H,5-14H2,1-4H3,(H2,17,18,19);1H. The number of ether oxygens (including phenoxy) is 1. The van der Waals surface area contributed by atoms with E-state index in [1.165, 1.54) is 38.4 Å². The van der Waals surface area contributed by atoms with Gasteiger partial charge in [-0.25, -0.2) is 8.42 Å². The quantitative estimate of drug-likeness (QED) is 0.184. The Labute approximate surface area is 165 Å². The Hall–Kier alpha value is -0.0900. The molecule has 1 unspecified atom stereocenters. The molecule has 0 aliphatic rings. The van der Waals surface area contributed by atoms with Gasteiger partial charge in [-0.2, -0.15) is 0 Å². The lowest BCUT2D eigenvalue weighted by Gasteiger charge is -2.19. The topological polar surface area (TPSA) is 79.8 Å². The van der Waals surface area contributed by atoms with Crippen molar-refractivity contribution in [1.82, 2.24) is 10.6 Å². The fraction of sp³-hybridized carbons (Fsp3) is 0.938. The maximum Gasteiger partial charge on any atom is 0.191 e. The minimum atomic E-state index is -2.95. The van der Waals surface area contributed by atoms with Gasteiger partial charge in [-0.05, 0) is 18.8 Å². The van der Waals surface area contributed by atoms with Gasteiger partial charge in [-0.3, -0.25) is 4.99 Å². The number of nitrogens with zero attached hydrogens (tertiary/aromatic N) is 1. The molecule has 1 atom stereocenters. The number of aliphatic imine (C=N–C) groups is 1. The Kier molecular flexibility index (Phi) is 17.8. The van der Waals surface area contributed by atoms with Crippen LogP contribution in [0.5, 0.6) is 0 Å². The van der Waals surface area contributed by atoms with Crippen LogP contribution in [-0.2, 0) is 14.6 Å². The van der Waals surface area contributed by atoms with E-state index in [1.807, 2.05) is 0 Å². The Morgan fingerprint density at radius 3 is 2.38 bits per heavy atom. The number of hydrogen-bond donors (Lipinski definition) is 2. The molecule has 0 aliphatic heterocycles. The Bertz CT molecular complexity index is 417. The second kappa shape index (κ2) is 16.4.